The van der Waals surface area contributed by atoms with Gasteiger partial charge in [-0.25, -0.2) is 0 Å². The molecule has 0 amide bonds. The van der Waals surface area contributed by atoms with Crippen molar-refractivity contribution in [2.24, 2.45) is 5.92 Å². The Morgan fingerprint density at radius 1 is 1.19 bits per heavy atom. The van der Waals surface area contributed by atoms with Crippen molar-refractivity contribution in [3.05, 3.63) is 52.8 Å². The number of Topliss-reactive ketones (excluding diaryl/α,β-unsaturated/α-hetero) is 1. The lowest BCUT2D eigenvalue weighted by Gasteiger charge is -2.26. The largest absolute Gasteiger partial charge is 0.293 e. The van der Waals surface area contributed by atoms with Crippen LogP contribution < -0.4 is 0 Å². The summed E-state index contributed by atoms with van der Waals surface area (Å²) in [4.78, 5) is 13.2. The van der Waals surface area contributed by atoms with Gasteiger partial charge >= 0.3 is 0 Å². The minimum absolute atomic E-state index is 0.0435. The Morgan fingerprint density at radius 3 is 2.24 bits per heavy atom. The zero-order valence-electron chi connectivity index (χ0n) is 16.8. The molecule has 1 aliphatic rings. The molecule has 0 saturated carbocycles. The van der Waals surface area contributed by atoms with E-state index >= 15 is 0 Å². The SMILES string of the molecule is [2H]C([2H])=C(C1C(=O)c2ccccc2/C1=C(/[2H])[Si](C)(C)C)[Si](C)(C)C. The summed E-state index contributed by atoms with van der Waals surface area (Å²) in [7, 11) is -4.00. The molecule has 21 heavy (non-hydrogen) atoms. The van der Waals surface area contributed by atoms with Crippen LogP contribution in [0, 0.1) is 5.92 Å². The smallest absolute Gasteiger partial charge is 0.174 e. The molecule has 0 saturated heterocycles. The van der Waals surface area contributed by atoms with Gasteiger partial charge < -0.3 is 0 Å². The van der Waals surface area contributed by atoms with Gasteiger partial charge in [0.15, 0.2) is 5.78 Å². The quantitative estimate of drug-likeness (QED) is 0.701. The van der Waals surface area contributed by atoms with Crippen LogP contribution in [0.15, 0.2) is 41.7 Å². The van der Waals surface area contributed by atoms with Crippen LogP contribution in [-0.4, -0.2) is 21.9 Å². The van der Waals surface area contributed by atoms with E-state index in [1.165, 1.54) is 0 Å². The van der Waals surface area contributed by atoms with E-state index in [-0.39, 0.29) is 12.3 Å². The van der Waals surface area contributed by atoms with Crippen molar-refractivity contribution in [2.75, 3.05) is 0 Å². The van der Waals surface area contributed by atoms with Crippen molar-refractivity contribution in [1.82, 2.24) is 0 Å². The van der Waals surface area contributed by atoms with Crippen molar-refractivity contribution >= 4 is 27.5 Å². The van der Waals surface area contributed by atoms with Crippen LogP contribution >= 0.6 is 0 Å². The minimum atomic E-state index is -2.06. The summed E-state index contributed by atoms with van der Waals surface area (Å²) in [5, 5.41) is 0.640. The Morgan fingerprint density at radius 2 is 1.76 bits per heavy atom. The normalized spacial score (nSPS) is 23.0. The zero-order chi connectivity index (χ0) is 18.4. The van der Waals surface area contributed by atoms with Gasteiger partial charge in [0.05, 0.1) is 26.2 Å². The number of allylic oxidation sites excluding steroid dienone is 2. The maximum Gasteiger partial charge on any atom is 0.174 e. The third-order valence-electron chi connectivity index (χ3n) is 3.64. The van der Waals surface area contributed by atoms with Gasteiger partial charge in [-0.3, -0.25) is 4.79 Å². The molecule has 3 heteroatoms. The molecule has 0 heterocycles. The monoisotopic (exact) mass is 317 g/mol. The molecule has 0 N–H and O–H groups in total. The second-order valence-electron chi connectivity index (χ2n) is 7.80. The molecule has 1 atom stereocenters. The van der Waals surface area contributed by atoms with Gasteiger partial charge in [-0.1, -0.05) is 74.4 Å². The summed E-state index contributed by atoms with van der Waals surface area (Å²) in [6, 6.07) is 7.46. The molecule has 0 spiro atoms. The Bertz CT molecular complexity index is 748. The number of fused-ring (bicyclic) bond motifs is 1. The van der Waals surface area contributed by atoms with Gasteiger partial charge in [0.25, 0.3) is 0 Å². The first-order valence-electron chi connectivity index (χ1n) is 8.90. The van der Waals surface area contributed by atoms with Crippen LogP contribution in [0.25, 0.3) is 5.57 Å². The van der Waals surface area contributed by atoms with Crippen LogP contribution in [0.4, 0.5) is 0 Å². The first kappa shape index (κ1) is 12.4. The summed E-state index contributed by atoms with van der Waals surface area (Å²) in [5.41, 5.74) is 2.78. The standard InChI is InChI=1S/C18H26OSi2/c1-13(21(5,6)7)17-16(12-20(2,3)4)14-10-8-9-11-15(14)18(17)19/h8-12,17H,1H2,2-7H3/b16-12+/i1D2,12D. The van der Waals surface area contributed by atoms with Crippen LogP contribution in [0.3, 0.4) is 0 Å². The highest BCUT2D eigenvalue weighted by Gasteiger charge is 2.40. The Labute approximate surface area is 135 Å². The second-order valence-corrected chi connectivity index (χ2v) is 17.6. The highest BCUT2D eigenvalue weighted by Crippen LogP contribution is 2.43. The van der Waals surface area contributed by atoms with Gasteiger partial charge in [0.1, 0.15) is 0 Å². The second kappa shape index (κ2) is 5.22. The number of rotatable bonds is 3. The predicted octanol–water partition coefficient (Wildman–Crippen LogP) is 5.19. The first-order chi connectivity index (χ1) is 10.9. The molecule has 1 unspecified atom stereocenters. The fourth-order valence-corrected chi connectivity index (χ4v) is 4.86. The predicted molar refractivity (Wildman–Crippen MR) is 98.1 cm³/mol. The highest BCUT2D eigenvalue weighted by molar-refractivity contribution is 6.84. The third kappa shape index (κ3) is 3.19. The Kier molecular flexibility index (Phi) is 3.07. The molecule has 1 aromatic carbocycles. The van der Waals surface area contributed by atoms with Crippen LogP contribution in [-0.2, 0) is 0 Å². The average molecular weight is 318 g/mol. The van der Waals surface area contributed by atoms with E-state index in [1.807, 2.05) is 24.3 Å². The van der Waals surface area contributed by atoms with Gasteiger partial charge in [0, 0.05) is 5.56 Å². The number of hydrogen-bond donors (Lipinski definition) is 0. The topological polar surface area (TPSA) is 17.1 Å². The molecule has 0 aromatic heterocycles. The maximum absolute atomic E-state index is 13.2. The Balaban J connectivity index is 2.86. The van der Waals surface area contributed by atoms with E-state index in [1.54, 1.807) is 0 Å². The van der Waals surface area contributed by atoms with E-state index in [9.17, 15) is 4.79 Å². The van der Waals surface area contributed by atoms with Crippen LogP contribution in [0.1, 0.15) is 20.0 Å². The third-order valence-corrected chi connectivity index (χ3v) is 6.56. The van der Waals surface area contributed by atoms with Crippen molar-refractivity contribution in [3.8, 4) is 0 Å². The number of benzene rings is 1. The minimum Gasteiger partial charge on any atom is -0.293 e. The fraction of sp³-hybridized carbons (Fsp3) is 0.389. The van der Waals surface area contributed by atoms with Gasteiger partial charge in [-0.15, -0.1) is 6.53 Å². The number of carbonyl (C=O) groups is 1. The maximum atomic E-state index is 13.2. The summed E-state index contributed by atoms with van der Waals surface area (Å²) >= 11 is 0. The zero-order valence-corrected chi connectivity index (χ0v) is 15.8. The molecule has 1 aromatic rings. The van der Waals surface area contributed by atoms with Crippen molar-refractivity contribution in [1.29, 1.82) is 0 Å². The molecule has 0 aliphatic heterocycles. The van der Waals surface area contributed by atoms with E-state index in [4.69, 9.17) is 4.11 Å². The summed E-state index contributed by atoms with van der Waals surface area (Å²) in [5.74, 6) is -0.656. The number of carbonyl (C=O) groups excluding carboxylic acids is 1. The molecule has 2 rings (SSSR count). The molecule has 112 valence electrons. The first-order valence-corrected chi connectivity index (χ1v) is 14.4. The molecular weight excluding hydrogens is 288 g/mol. The van der Waals surface area contributed by atoms with Crippen LogP contribution in [0.2, 0.25) is 39.3 Å². The van der Waals surface area contributed by atoms with E-state index in [0.717, 1.165) is 11.1 Å². The average Bonchev–Trinajstić information content (AvgIpc) is 2.69. The highest BCUT2D eigenvalue weighted by atomic mass is 28.3. The lowest BCUT2D eigenvalue weighted by atomic mass is 10.0. The lowest BCUT2D eigenvalue weighted by Crippen LogP contribution is -2.31. The molecule has 0 radical (unpaired) electrons. The van der Waals surface area contributed by atoms with Gasteiger partial charge in [-0.2, -0.15) is 0 Å². The lowest BCUT2D eigenvalue weighted by molar-refractivity contribution is 0.0974. The fourth-order valence-electron chi connectivity index (χ4n) is 2.63. The van der Waals surface area contributed by atoms with E-state index < -0.39 is 22.1 Å². The van der Waals surface area contributed by atoms with E-state index in [2.05, 4.69) is 39.3 Å². The number of ketones is 1. The van der Waals surface area contributed by atoms with Gasteiger partial charge in [-0.05, 0) is 11.1 Å². The summed E-state index contributed by atoms with van der Waals surface area (Å²) in [6.07, 6.45) is 0. The number of hydrogen-bond acceptors (Lipinski definition) is 1. The summed E-state index contributed by atoms with van der Waals surface area (Å²) in [6.45, 7) is 12.3. The van der Waals surface area contributed by atoms with Crippen molar-refractivity contribution < 1.29 is 8.91 Å². The van der Waals surface area contributed by atoms with Crippen LogP contribution in [0.5, 0.6) is 0 Å². The van der Waals surface area contributed by atoms with Crippen molar-refractivity contribution in [3.63, 3.8) is 0 Å². The Hall–Kier alpha value is -1.20. The molecule has 0 fully saturated rings. The molecule has 1 nitrogen and oxygen atoms in total. The molecular formula is C18H26OSi2. The van der Waals surface area contributed by atoms with Crippen molar-refractivity contribution in [2.45, 2.75) is 39.3 Å². The summed E-state index contributed by atoms with van der Waals surface area (Å²) < 4.78 is 24.8. The molecule has 1 aliphatic carbocycles. The van der Waals surface area contributed by atoms with Gasteiger partial charge in [0.2, 0.25) is 0 Å². The molecule has 0 bridgehead atoms. The van der Waals surface area contributed by atoms with E-state index in [0.29, 0.717) is 16.4 Å².